The van der Waals surface area contributed by atoms with Gasteiger partial charge in [-0.15, -0.1) is 0 Å². The fraction of sp³-hybridized carbons (Fsp3) is 0.625. The van der Waals surface area contributed by atoms with Gasteiger partial charge in [-0.05, 0) is 19.1 Å². The number of amides is 1. The van der Waals surface area contributed by atoms with Gasteiger partial charge in [0.1, 0.15) is 11.9 Å². The lowest BCUT2D eigenvalue weighted by Crippen LogP contribution is -2.70. The van der Waals surface area contributed by atoms with Gasteiger partial charge < -0.3 is 10.2 Å². The highest BCUT2D eigenvalue weighted by atomic mass is 32.2. The minimum absolute atomic E-state index is 0.0306. The van der Waals surface area contributed by atoms with Gasteiger partial charge in [0, 0.05) is 19.2 Å². The summed E-state index contributed by atoms with van der Waals surface area (Å²) >= 11 is 1.46. The molecule has 1 atom stereocenters. The predicted molar refractivity (Wildman–Crippen MR) is 87.9 cm³/mol. The molecule has 1 aliphatic carbocycles. The second-order valence-electron chi connectivity index (χ2n) is 6.61. The van der Waals surface area contributed by atoms with Crippen molar-refractivity contribution in [2.24, 2.45) is 0 Å². The topological polar surface area (TPSA) is 75.2 Å². The zero-order valence-corrected chi connectivity index (χ0v) is 14.0. The summed E-state index contributed by atoms with van der Waals surface area (Å²) in [6, 6.07) is -0.425. The van der Waals surface area contributed by atoms with Gasteiger partial charge in [0.2, 0.25) is 5.91 Å². The van der Waals surface area contributed by atoms with E-state index >= 15 is 0 Å². The van der Waals surface area contributed by atoms with Gasteiger partial charge in [-0.2, -0.15) is 0 Å². The lowest BCUT2D eigenvalue weighted by Gasteiger charge is -2.54. The second kappa shape index (κ2) is 5.47. The summed E-state index contributed by atoms with van der Waals surface area (Å²) < 4.78 is 0. The molecule has 0 aromatic carbocycles. The van der Waals surface area contributed by atoms with Gasteiger partial charge in [0.15, 0.2) is 10.9 Å². The van der Waals surface area contributed by atoms with Gasteiger partial charge in [-0.1, -0.05) is 31.0 Å². The Hall–Kier alpha value is -1.63. The van der Waals surface area contributed by atoms with Gasteiger partial charge >= 0.3 is 0 Å². The number of carbonyl (C=O) groups excluding carboxylic acids is 2. The smallest absolute Gasteiger partial charge is 0.243 e. The number of ketones is 1. The molecule has 3 aliphatic rings. The zero-order valence-electron chi connectivity index (χ0n) is 13.2. The van der Waals surface area contributed by atoms with E-state index < -0.39 is 6.04 Å². The summed E-state index contributed by atoms with van der Waals surface area (Å²) in [5.74, 6) is 0.587. The fourth-order valence-electron chi connectivity index (χ4n) is 4.21. The number of Topliss-reactive ketones (excluding diaryl/α,β-unsaturated/α-hetero) is 1. The standard InChI is InChI=1S/C16H20N4O2S/c1-23-15-17-8-10-12(21)7-11-14(22)18-9-16(5-3-2-4-6-16)20(11)13(10)19-15/h8,11H,2-7,9H2,1H3,(H,18,22). The average Bonchev–Trinajstić information content (AvgIpc) is 2.59. The van der Waals surface area contributed by atoms with E-state index in [4.69, 9.17) is 0 Å². The summed E-state index contributed by atoms with van der Waals surface area (Å²) in [5.41, 5.74) is 0.467. The largest absolute Gasteiger partial charge is 0.352 e. The number of hydrogen-bond donors (Lipinski definition) is 1. The van der Waals surface area contributed by atoms with Crippen molar-refractivity contribution in [1.29, 1.82) is 0 Å². The van der Waals surface area contributed by atoms with E-state index in [-0.39, 0.29) is 23.7 Å². The number of piperazine rings is 1. The van der Waals surface area contributed by atoms with Crippen LogP contribution in [-0.4, -0.2) is 46.0 Å². The van der Waals surface area contributed by atoms with Gasteiger partial charge in [0.05, 0.1) is 11.1 Å². The molecule has 7 heteroatoms. The summed E-state index contributed by atoms with van der Waals surface area (Å²) in [6.45, 7) is 0.647. The Bertz CT molecular complexity index is 672. The maximum absolute atomic E-state index is 12.5. The molecule has 2 fully saturated rings. The third kappa shape index (κ3) is 2.24. The molecule has 6 nitrogen and oxygen atoms in total. The quantitative estimate of drug-likeness (QED) is 0.624. The van der Waals surface area contributed by atoms with E-state index in [1.807, 2.05) is 6.26 Å². The Morgan fingerprint density at radius 1 is 1.30 bits per heavy atom. The van der Waals surface area contributed by atoms with Crippen molar-refractivity contribution >= 4 is 29.3 Å². The van der Waals surface area contributed by atoms with Crippen LogP contribution < -0.4 is 10.2 Å². The van der Waals surface area contributed by atoms with Crippen LogP contribution >= 0.6 is 11.8 Å². The summed E-state index contributed by atoms with van der Waals surface area (Å²) in [5, 5.41) is 3.69. The number of aromatic nitrogens is 2. The zero-order chi connectivity index (χ0) is 16.0. The normalized spacial score (nSPS) is 25.8. The number of hydrogen-bond acceptors (Lipinski definition) is 6. The number of thioether (sulfide) groups is 1. The van der Waals surface area contributed by atoms with Crippen LogP contribution in [-0.2, 0) is 4.79 Å². The summed E-state index contributed by atoms with van der Waals surface area (Å²) in [4.78, 5) is 35.9. The van der Waals surface area contributed by atoms with Crippen molar-refractivity contribution < 1.29 is 9.59 Å². The first-order chi connectivity index (χ1) is 11.1. The first-order valence-corrected chi connectivity index (χ1v) is 9.38. The molecule has 0 radical (unpaired) electrons. The third-order valence-electron chi connectivity index (χ3n) is 5.34. The number of fused-ring (bicyclic) bond motifs is 4. The number of carbonyl (C=O) groups is 2. The van der Waals surface area contributed by atoms with Crippen LogP contribution in [0, 0.1) is 0 Å². The molecule has 23 heavy (non-hydrogen) atoms. The SMILES string of the molecule is CSc1ncc2c(n1)N1C(CC2=O)C(=O)NCC12CCCCC2. The Morgan fingerprint density at radius 2 is 2.09 bits per heavy atom. The highest BCUT2D eigenvalue weighted by Gasteiger charge is 2.51. The Balaban J connectivity index is 1.87. The molecule has 1 aromatic rings. The van der Waals surface area contributed by atoms with Gasteiger partial charge in [0.25, 0.3) is 0 Å². The van der Waals surface area contributed by atoms with Crippen molar-refractivity contribution in [3.05, 3.63) is 11.8 Å². The van der Waals surface area contributed by atoms with Gasteiger partial charge in [-0.3, -0.25) is 9.59 Å². The maximum atomic E-state index is 12.5. The fourth-order valence-corrected chi connectivity index (χ4v) is 4.54. The van der Waals surface area contributed by atoms with E-state index in [1.54, 1.807) is 6.20 Å². The Morgan fingerprint density at radius 3 is 2.83 bits per heavy atom. The molecule has 3 heterocycles. The van der Waals surface area contributed by atoms with Crippen molar-refractivity contribution in [3.63, 3.8) is 0 Å². The number of anilines is 1. The summed E-state index contributed by atoms with van der Waals surface area (Å²) in [6.07, 6.45) is 9.40. The van der Waals surface area contributed by atoms with Crippen LogP contribution in [0.2, 0.25) is 0 Å². The van der Waals surface area contributed by atoms with Crippen molar-refractivity contribution in [2.45, 2.75) is 55.3 Å². The highest BCUT2D eigenvalue weighted by molar-refractivity contribution is 7.98. The van der Waals surface area contributed by atoms with Crippen LogP contribution in [0.4, 0.5) is 5.82 Å². The number of nitrogens with zero attached hydrogens (tertiary/aromatic N) is 3. The third-order valence-corrected chi connectivity index (χ3v) is 5.90. The molecule has 1 unspecified atom stereocenters. The highest BCUT2D eigenvalue weighted by Crippen LogP contribution is 2.43. The molecule has 1 saturated carbocycles. The van der Waals surface area contributed by atoms with Crippen molar-refractivity contribution in [2.75, 3.05) is 17.7 Å². The van der Waals surface area contributed by atoms with Crippen molar-refractivity contribution in [1.82, 2.24) is 15.3 Å². The second-order valence-corrected chi connectivity index (χ2v) is 7.38. The molecule has 4 rings (SSSR count). The lowest BCUT2D eigenvalue weighted by molar-refractivity contribution is -0.125. The Kier molecular flexibility index (Phi) is 3.55. The monoisotopic (exact) mass is 332 g/mol. The first-order valence-electron chi connectivity index (χ1n) is 8.16. The van der Waals surface area contributed by atoms with E-state index in [2.05, 4.69) is 20.2 Å². The van der Waals surface area contributed by atoms with E-state index in [0.29, 0.717) is 23.1 Å². The average molecular weight is 332 g/mol. The van der Waals surface area contributed by atoms with E-state index in [9.17, 15) is 9.59 Å². The first kappa shape index (κ1) is 14.9. The number of nitrogens with one attached hydrogen (secondary N) is 1. The molecule has 1 amide bonds. The molecule has 0 bridgehead atoms. The van der Waals surface area contributed by atoms with Crippen LogP contribution in [0.25, 0.3) is 0 Å². The van der Waals surface area contributed by atoms with Crippen LogP contribution in [0.1, 0.15) is 48.9 Å². The maximum Gasteiger partial charge on any atom is 0.243 e. The van der Waals surface area contributed by atoms with Gasteiger partial charge in [-0.25, -0.2) is 9.97 Å². The molecule has 1 spiro atoms. The minimum atomic E-state index is -0.425. The van der Waals surface area contributed by atoms with E-state index in [0.717, 1.165) is 25.7 Å². The lowest BCUT2D eigenvalue weighted by atomic mass is 9.76. The molecular weight excluding hydrogens is 312 g/mol. The van der Waals surface area contributed by atoms with Crippen LogP contribution in [0.3, 0.4) is 0 Å². The molecule has 2 aliphatic heterocycles. The van der Waals surface area contributed by atoms with Crippen LogP contribution in [0.15, 0.2) is 11.4 Å². The Labute approximate surface area is 139 Å². The van der Waals surface area contributed by atoms with Crippen molar-refractivity contribution in [3.8, 4) is 0 Å². The summed E-state index contributed by atoms with van der Waals surface area (Å²) in [7, 11) is 0. The van der Waals surface area contributed by atoms with Crippen LogP contribution in [0.5, 0.6) is 0 Å². The predicted octanol–water partition coefficient (Wildman–Crippen LogP) is 1.79. The van der Waals surface area contributed by atoms with E-state index in [1.165, 1.54) is 18.2 Å². The molecule has 1 aromatic heterocycles. The number of rotatable bonds is 1. The molecule has 1 N–H and O–H groups in total. The molecule has 1 saturated heterocycles. The molecule has 122 valence electrons. The minimum Gasteiger partial charge on any atom is -0.352 e. The molecular formula is C16H20N4O2S.